The van der Waals surface area contributed by atoms with Crippen LogP contribution in [-0.4, -0.2) is 24.6 Å². The molecule has 0 unspecified atom stereocenters. The molecule has 1 fully saturated rings. The van der Waals surface area contributed by atoms with E-state index < -0.39 is 17.3 Å². The summed E-state index contributed by atoms with van der Waals surface area (Å²) in [6, 6.07) is 9.81. The van der Waals surface area contributed by atoms with E-state index in [1.54, 1.807) is 6.92 Å². The molecule has 0 amide bonds. The van der Waals surface area contributed by atoms with Gasteiger partial charge in [0.2, 0.25) is 0 Å². The maximum absolute atomic E-state index is 12.8. The first-order valence-corrected chi connectivity index (χ1v) is 8.32. The molecule has 0 radical (unpaired) electrons. The molecule has 25 heavy (non-hydrogen) atoms. The van der Waals surface area contributed by atoms with Crippen LogP contribution >= 0.6 is 0 Å². The largest absolute Gasteiger partial charge is 0.468 e. The summed E-state index contributed by atoms with van der Waals surface area (Å²) >= 11 is 0. The Kier molecular flexibility index (Phi) is 3.39. The van der Waals surface area contributed by atoms with E-state index in [2.05, 4.69) is 0 Å². The minimum Gasteiger partial charge on any atom is -0.468 e. The van der Waals surface area contributed by atoms with Gasteiger partial charge in [0.05, 0.1) is 13.0 Å². The average Bonchev–Trinajstić information content (AvgIpc) is 2.94. The van der Waals surface area contributed by atoms with Crippen molar-refractivity contribution in [2.45, 2.75) is 6.92 Å². The molecule has 0 spiro atoms. The van der Waals surface area contributed by atoms with Gasteiger partial charge >= 0.3 is 5.97 Å². The van der Waals surface area contributed by atoms with Crippen molar-refractivity contribution in [1.29, 1.82) is 0 Å². The van der Waals surface area contributed by atoms with Crippen LogP contribution in [0, 0.1) is 23.2 Å². The lowest BCUT2D eigenvalue weighted by Crippen LogP contribution is -2.67. The molecular formula is C21H18O4. The summed E-state index contributed by atoms with van der Waals surface area (Å²) in [6.45, 7) is 1.64. The normalized spacial score (nSPS) is 34.2. The Labute approximate surface area is 145 Å². The van der Waals surface area contributed by atoms with Crippen LogP contribution in [0.3, 0.4) is 0 Å². The van der Waals surface area contributed by atoms with Gasteiger partial charge in [0.25, 0.3) is 0 Å². The number of Topliss-reactive ketones (excluding diaryl/α,β-unsaturated/α-hetero) is 1. The van der Waals surface area contributed by atoms with Crippen molar-refractivity contribution in [2.75, 3.05) is 7.11 Å². The lowest BCUT2D eigenvalue weighted by molar-refractivity contribution is -0.184. The highest BCUT2D eigenvalue weighted by Crippen LogP contribution is 2.65. The number of rotatable bonds is 2. The lowest BCUT2D eigenvalue weighted by Gasteiger charge is -2.56. The van der Waals surface area contributed by atoms with E-state index in [9.17, 15) is 14.4 Å². The smallest absolute Gasteiger partial charge is 0.321 e. The van der Waals surface area contributed by atoms with Crippen LogP contribution in [0.4, 0.5) is 0 Å². The number of methoxy groups -OCH3 is 1. The monoisotopic (exact) mass is 334 g/mol. The van der Waals surface area contributed by atoms with Crippen molar-refractivity contribution in [2.24, 2.45) is 23.2 Å². The fraction of sp³-hybridized carbons (Fsp3) is 0.286. The van der Waals surface area contributed by atoms with Crippen LogP contribution in [0.5, 0.6) is 0 Å². The minimum atomic E-state index is -1.39. The van der Waals surface area contributed by atoms with E-state index in [0.717, 1.165) is 11.1 Å². The molecule has 0 aromatic heterocycles. The first-order valence-electron chi connectivity index (χ1n) is 8.32. The van der Waals surface area contributed by atoms with Gasteiger partial charge in [0.15, 0.2) is 11.6 Å². The number of hydrogen-bond donors (Lipinski definition) is 0. The Hall–Kier alpha value is -2.75. The zero-order chi connectivity index (χ0) is 17.8. The number of carbonyl (C=O) groups excluding carboxylic acids is 3. The van der Waals surface area contributed by atoms with E-state index in [1.807, 2.05) is 48.6 Å². The maximum Gasteiger partial charge on any atom is 0.321 e. The van der Waals surface area contributed by atoms with Gasteiger partial charge in [-0.1, -0.05) is 48.6 Å². The average molecular weight is 334 g/mol. The molecule has 3 aliphatic carbocycles. The van der Waals surface area contributed by atoms with Gasteiger partial charge in [-0.2, -0.15) is 0 Å². The van der Waals surface area contributed by atoms with Crippen LogP contribution in [0.25, 0.3) is 6.08 Å². The Balaban J connectivity index is 1.81. The number of ketones is 2. The maximum atomic E-state index is 12.8. The van der Waals surface area contributed by atoms with Crippen molar-refractivity contribution in [3.63, 3.8) is 0 Å². The zero-order valence-corrected chi connectivity index (χ0v) is 14.1. The predicted octanol–water partition coefficient (Wildman–Crippen LogP) is 2.76. The van der Waals surface area contributed by atoms with Gasteiger partial charge in [-0.25, -0.2) is 0 Å². The molecule has 126 valence electrons. The Morgan fingerprint density at radius 1 is 1.20 bits per heavy atom. The molecule has 4 atom stereocenters. The second-order valence-electron chi connectivity index (χ2n) is 6.86. The molecule has 0 heterocycles. The number of esters is 1. The summed E-state index contributed by atoms with van der Waals surface area (Å²) in [5.41, 5.74) is 1.04. The number of hydrogen-bond acceptors (Lipinski definition) is 4. The summed E-state index contributed by atoms with van der Waals surface area (Å²) in [7, 11) is 1.27. The number of carbonyl (C=O) groups is 3. The molecule has 4 heteroatoms. The van der Waals surface area contributed by atoms with Gasteiger partial charge in [0, 0.05) is 11.8 Å². The third-order valence-electron chi connectivity index (χ3n) is 5.73. The first-order chi connectivity index (χ1) is 12.0. The molecule has 1 saturated carbocycles. The summed E-state index contributed by atoms with van der Waals surface area (Å²) in [4.78, 5) is 38.1. The topological polar surface area (TPSA) is 60.4 Å². The summed E-state index contributed by atoms with van der Waals surface area (Å²) in [5, 5.41) is 0. The molecular weight excluding hydrogens is 316 g/mol. The van der Waals surface area contributed by atoms with Gasteiger partial charge in [-0.15, -0.1) is 0 Å². The van der Waals surface area contributed by atoms with Crippen molar-refractivity contribution >= 4 is 23.6 Å². The van der Waals surface area contributed by atoms with Crippen LogP contribution in [-0.2, 0) is 19.1 Å². The number of ether oxygens (including phenoxy) is 1. The van der Waals surface area contributed by atoms with Crippen LogP contribution in [0.1, 0.15) is 12.5 Å². The van der Waals surface area contributed by atoms with Crippen molar-refractivity contribution in [3.8, 4) is 0 Å². The van der Waals surface area contributed by atoms with Gasteiger partial charge < -0.3 is 4.74 Å². The van der Waals surface area contributed by atoms with E-state index in [0.29, 0.717) is 5.57 Å². The van der Waals surface area contributed by atoms with Crippen molar-refractivity contribution in [3.05, 3.63) is 65.3 Å². The molecule has 4 rings (SSSR count). The molecule has 4 nitrogen and oxygen atoms in total. The molecule has 1 aromatic rings. The first kappa shape index (κ1) is 15.8. The Morgan fingerprint density at radius 3 is 2.60 bits per heavy atom. The van der Waals surface area contributed by atoms with E-state index >= 15 is 0 Å². The summed E-state index contributed by atoms with van der Waals surface area (Å²) < 4.78 is 4.94. The molecule has 3 aliphatic rings. The van der Waals surface area contributed by atoms with E-state index in [1.165, 1.54) is 13.2 Å². The van der Waals surface area contributed by atoms with Crippen molar-refractivity contribution in [1.82, 2.24) is 0 Å². The summed E-state index contributed by atoms with van der Waals surface area (Å²) in [6.07, 6.45) is 7.14. The van der Waals surface area contributed by atoms with Gasteiger partial charge in [-0.3, -0.25) is 14.4 Å². The predicted molar refractivity (Wildman–Crippen MR) is 92.2 cm³/mol. The lowest BCUT2D eigenvalue weighted by atomic mass is 9.42. The number of benzene rings is 1. The fourth-order valence-corrected chi connectivity index (χ4v) is 4.60. The molecule has 0 aliphatic heterocycles. The zero-order valence-electron chi connectivity index (χ0n) is 14.1. The molecule has 0 bridgehead atoms. The molecule has 1 aromatic carbocycles. The third kappa shape index (κ3) is 1.91. The third-order valence-corrected chi connectivity index (χ3v) is 5.73. The quantitative estimate of drug-likeness (QED) is 0.616. The van der Waals surface area contributed by atoms with E-state index in [-0.39, 0.29) is 23.4 Å². The van der Waals surface area contributed by atoms with Crippen LogP contribution in [0.15, 0.2) is 59.7 Å². The molecule has 0 N–H and O–H groups in total. The van der Waals surface area contributed by atoms with Gasteiger partial charge in [0.1, 0.15) is 5.41 Å². The SMILES string of the molecule is COC(=O)[C@@]12C(=O)C=C(C)C(=O)[C@@H]1[C@H]1/C(=C\c3ccccc3)C=C[C@H]12. The van der Waals surface area contributed by atoms with Crippen molar-refractivity contribution < 1.29 is 19.1 Å². The standard InChI is InChI=1S/C21H18O4/c1-12-10-16(22)21(20(24)25-2)15-9-8-14(17(15)18(21)19(12)23)11-13-6-4-3-5-7-13/h3-11,15,17-18H,1-2H3/b14-11-/t15-,17+,18+,21+/m1/s1. The second kappa shape index (κ2) is 5.38. The fourth-order valence-electron chi connectivity index (χ4n) is 4.60. The second-order valence-corrected chi connectivity index (χ2v) is 6.86. The Morgan fingerprint density at radius 2 is 1.92 bits per heavy atom. The highest BCUT2D eigenvalue weighted by molar-refractivity contribution is 6.22. The van der Waals surface area contributed by atoms with Gasteiger partial charge in [-0.05, 0) is 29.7 Å². The summed E-state index contributed by atoms with van der Waals surface area (Å²) in [5.74, 6) is -2.19. The highest BCUT2D eigenvalue weighted by atomic mass is 16.5. The Bertz CT molecular complexity index is 874. The minimum absolute atomic E-state index is 0.131. The van der Waals surface area contributed by atoms with Crippen LogP contribution < -0.4 is 0 Å². The highest BCUT2D eigenvalue weighted by Gasteiger charge is 2.74. The number of allylic oxidation sites excluding steroid dienone is 5. The van der Waals surface area contributed by atoms with E-state index in [4.69, 9.17) is 4.74 Å². The van der Waals surface area contributed by atoms with Crippen LogP contribution in [0.2, 0.25) is 0 Å². The molecule has 0 saturated heterocycles. The number of fused-ring (bicyclic) bond motifs is 4.